The summed E-state index contributed by atoms with van der Waals surface area (Å²) in [7, 11) is 0. The van der Waals surface area contributed by atoms with E-state index < -0.39 is 0 Å². The number of ether oxygens (including phenoxy) is 1. The summed E-state index contributed by atoms with van der Waals surface area (Å²) >= 11 is 0. The van der Waals surface area contributed by atoms with Crippen molar-refractivity contribution in [1.29, 1.82) is 0 Å². The molecule has 2 rings (SSSR count). The van der Waals surface area contributed by atoms with E-state index in [0.29, 0.717) is 29.7 Å². The Hall–Kier alpha value is -1.36. The zero-order valence-corrected chi connectivity index (χ0v) is 11.7. The van der Waals surface area contributed by atoms with E-state index in [2.05, 4.69) is 9.97 Å². The molecule has 19 heavy (non-hydrogen) atoms. The highest BCUT2D eigenvalue weighted by atomic mass is 16.5. The molecule has 3 N–H and O–H groups in total. The molecule has 0 saturated heterocycles. The van der Waals surface area contributed by atoms with E-state index in [1.54, 1.807) is 6.92 Å². The number of anilines is 1. The number of H-pyrrole nitrogens is 1. The fourth-order valence-electron chi connectivity index (χ4n) is 2.76. The lowest BCUT2D eigenvalue weighted by molar-refractivity contribution is -0.000257. The molecule has 1 aromatic rings. The first-order chi connectivity index (χ1) is 9.13. The molecule has 5 nitrogen and oxygen atoms in total. The van der Waals surface area contributed by atoms with Gasteiger partial charge in [0.15, 0.2) is 0 Å². The van der Waals surface area contributed by atoms with Crippen molar-refractivity contribution in [3.05, 3.63) is 21.7 Å². The van der Waals surface area contributed by atoms with Crippen LogP contribution in [0.3, 0.4) is 0 Å². The average Bonchev–Trinajstić information content (AvgIpc) is 2.42. The largest absolute Gasteiger partial charge is 0.383 e. The second-order valence-corrected chi connectivity index (χ2v) is 5.24. The van der Waals surface area contributed by atoms with Gasteiger partial charge in [-0.05, 0) is 32.6 Å². The predicted octanol–water partition coefficient (Wildman–Crippen LogP) is 2.32. The van der Waals surface area contributed by atoms with Crippen LogP contribution in [0.15, 0.2) is 4.79 Å². The zero-order chi connectivity index (χ0) is 13.8. The third-order valence-corrected chi connectivity index (χ3v) is 3.90. The van der Waals surface area contributed by atoms with E-state index >= 15 is 0 Å². The van der Waals surface area contributed by atoms with E-state index in [1.807, 2.05) is 6.92 Å². The summed E-state index contributed by atoms with van der Waals surface area (Å²) in [6.45, 7) is 4.26. The fraction of sp³-hybridized carbons (Fsp3) is 0.714. The standard InChI is InChI=1S/C14H23N3O2/c1-3-19-11(10-7-5-4-6-8-10)13-16-12(15)9(2)14(18)17-13/h10-11H,3-8H2,1-2H3,(H3,15,16,17,18). The number of aromatic nitrogens is 2. The Labute approximate surface area is 113 Å². The molecule has 0 spiro atoms. The number of nitrogens with two attached hydrogens (primary N) is 1. The van der Waals surface area contributed by atoms with Gasteiger partial charge < -0.3 is 15.5 Å². The molecule has 0 radical (unpaired) electrons. The van der Waals surface area contributed by atoms with Crippen molar-refractivity contribution in [2.24, 2.45) is 5.92 Å². The summed E-state index contributed by atoms with van der Waals surface area (Å²) in [6.07, 6.45) is 5.85. The Morgan fingerprint density at radius 2 is 2.11 bits per heavy atom. The van der Waals surface area contributed by atoms with Crippen LogP contribution in [0, 0.1) is 12.8 Å². The third-order valence-electron chi connectivity index (χ3n) is 3.90. The van der Waals surface area contributed by atoms with Gasteiger partial charge in [0.1, 0.15) is 17.7 Å². The summed E-state index contributed by atoms with van der Waals surface area (Å²) < 4.78 is 5.83. The van der Waals surface area contributed by atoms with Crippen LogP contribution in [0.5, 0.6) is 0 Å². The van der Waals surface area contributed by atoms with Crippen molar-refractivity contribution in [2.45, 2.75) is 52.1 Å². The maximum Gasteiger partial charge on any atom is 0.255 e. The number of hydrogen-bond donors (Lipinski definition) is 2. The molecule has 0 aromatic carbocycles. The van der Waals surface area contributed by atoms with Gasteiger partial charge in [0, 0.05) is 6.61 Å². The topological polar surface area (TPSA) is 81.0 Å². The lowest BCUT2D eigenvalue weighted by Crippen LogP contribution is -2.25. The van der Waals surface area contributed by atoms with Crippen molar-refractivity contribution in [3.63, 3.8) is 0 Å². The third kappa shape index (κ3) is 3.15. The number of hydrogen-bond acceptors (Lipinski definition) is 4. The van der Waals surface area contributed by atoms with Gasteiger partial charge in [-0.25, -0.2) is 4.98 Å². The second kappa shape index (κ2) is 6.19. The van der Waals surface area contributed by atoms with E-state index in [4.69, 9.17) is 10.5 Å². The molecular formula is C14H23N3O2. The van der Waals surface area contributed by atoms with Crippen molar-refractivity contribution in [2.75, 3.05) is 12.3 Å². The summed E-state index contributed by atoms with van der Waals surface area (Å²) in [5, 5.41) is 0. The number of nitrogens with one attached hydrogen (secondary N) is 1. The quantitative estimate of drug-likeness (QED) is 0.875. The Kier molecular flexibility index (Phi) is 4.58. The van der Waals surface area contributed by atoms with E-state index in [-0.39, 0.29) is 11.7 Å². The number of rotatable bonds is 4. The molecule has 1 aliphatic carbocycles. The fourth-order valence-corrected chi connectivity index (χ4v) is 2.76. The van der Waals surface area contributed by atoms with Gasteiger partial charge in [-0.3, -0.25) is 4.79 Å². The van der Waals surface area contributed by atoms with Crippen molar-refractivity contribution in [1.82, 2.24) is 9.97 Å². The number of nitrogens with zero attached hydrogens (tertiary/aromatic N) is 1. The molecule has 5 heteroatoms. The van der Waals surface area contributed by atoms with E-state index in [9.17, 15) is 4.79 Å². The molecule has 1 atom stereocenters. The smallest absolute Gasteiger partial charge is 0.255 e. The molecule has 1 saturated carbocycles. The molecule has 106 valence electrons. The van der Waals surface area contributed by atoms with E-state index in [0.717, 1.165) is 12.8 Å². The SMILES string of the molecule is CCOC(c1nc(N)c(C)c(=O)[nH]1)C1CCCCC1. The monoisotopic (exact) mass is 265 g/mol. The molecule has 1 fully saturated rings. The molecule has 1 heterocycles. The lowest BCUT2D eigenvalue weighted by atomic mass is 9.85. The van der Waals surface area contributed by atoms with Gasteiger partial charge >= 0.3 is 0 Å². The van der Waals surface area contributed by atoms with Crippen LogP contribution in [0.1, 0.15) is 56.5 Å². The minimum atomic E-state index is -0.164. The Morgan fingerprint density at radius 1 is 1.42 bits per heavy atom. The highest BCUT2D eigenvalue weighted by molar-refractivity contribution is 5.36. The Balaban J connectivity index is 2.30. The Bertz CT molecular complexity index is 478. The van der Waals surface area contributed by atoms with Gasteiger partial charge in [0.2, 0.25) is 0 Å². The molecule has 1 aliphatic rings. The zero-order valence-electron chi connectivity index (χ0n) is 11.7. The molecule has 0 amide bonds. The normalized spacial score (nSPS) is 18.4. The van der Waals surface area contributed by atoms with Crippen LogP contribution >= 0.6 is 0 Å². The van der Waals surface area contributed by atoms with Crippen LogP contribution in [0.4, 0.5) is 5.82 Å². The van der Waals surface area contributed by atoms with Gasteiger partial charge in [-0.1, -0.05) is 19.3 Å². The van der Waals surface area contributed by atoms with Crippen LogP contribution < -0.4 is 11.3 Å². The van der Waals surface area contributed by atoms with Crippen molar-refractivity contribution >= 4 is 5.82 Å². The molecule has 0 aliphatic heterocycles. The summed E-state index contributed by atoms with van der Waals surface area (Å²) in [5.74, 6) is 1.32. The summed E-state index contributed by atoms with van der Waals surface area (Å²) in [4.78, 5) is 19.0. The minimum absolute atomic E-state index is 0.138. The average molecular weight is 265 g/mol. The van der Waals surface area contributed by atoms with Crippen LogP contribution in [-0.2, 0) is 4.74 Å². The maximum atomic E-state index is 11.8. The number of nitrogen functional groups attached to an aromatic ring is 1. The molecule has 1 unspecified atom stereocenters. The summed E-state index contributed by atoms with van der Waals surface area (Å²) in [6, 6.07) is 0. The van der Waals surface area contributed by atoms with Crippen LogP contribution in [0.25, 0.3) is 0 Å². The van der Waals surface area contributed by atoms with Crippen LogP contribution in [0.2, 0.25) is 0 Å². The first kappa shape index (κ1) is 14.1. The summed E-state index contributed by atoms with van der Waals surface area (Å²) in [5.41, 5.74) is 6.11. The van der Waals surface area contributed by atoms with Crippen molar-refractivity contribution in [3.8, 4) is 0 Å². The Morgan fingerprint density at radius 3 is 2.68 bits per heavy atom. The number of aromatic amines is 1. The lowest BCUT2D eigenvalue weighted by Gasteiger charge is -2.29. The molecule has 0 bridgehead atoms. The van der Waals surface area contributed by atoms with Crippen LogP contribution in [-0.4, -0.2) is 16.6 Å². The first-order valence-corrected chi connectivity index (χ1v) is 7.11. The highest BCUT2D eigenvalue weighted by Gasteiger charge is 2.28. The molecule has 1 aromatic heterocycles. The maximum absolute atomic E-state index is 11.8. The van der Waals surface area contributed by atoms with Gasteiger partial charge in [-0.15, -0.1) is 0 Å². The van der Waals surface area contributed by atoms with Gasteiger partial charge in [0.25, 0.3) is 5.56 Å². The predicted molar refractivity (Wildman–Crippen MR) is 74.9 cm³/mol. The highest BCUT2D eigenvalue weighted by Crippen LogP contribution is 2.35. The first-order valence-electron chi connectivity index (χ1n) is 7.11. The van der Waals surface area contributed by atoms with Gasteiger partial charge in [-0.2, -0.15) is 0 Å². The minimum Gasteiger partial charge on any atom is -0.383 e. The molecular weight excluding hydrogens is 242 g/mol. The van der Waals surface area contributed by atoms with Crippen molar-refractivity contribution < 1.29 is 4.74 Å². The van der Waals surface area contributed by atoms with E-state index in [1.165, 1.54) is 19.3 Å². The van der Waals surface area contributed by atoms with Gasteiger partial charge in [0.05, 0.1) is 5.56 Å². The second-order valence-electron chi connectivity index (χ2n) is 5.24.